The van der Waals surface area contributed by atoms with E-state index < -0.39 is 11.6 Å². The Morgan fingerprint density at radius 3 is 2.72 bits per heavy atom. The molecule has 2 N–H and O–H groups in total. The maximum absolute atomic E-state index is 11.8. The zero-order valence-corrected chi connectivity index (χ0v) is 17.0. The maximum Gasteiger partial charge on any atom is 0.339 e. The number of nitrogens with zero attached hydrogens (tertiary/aromatic N) is 2. The van der Waals surface area contributed by atoms with Crippen LogP contribution in [0.1, 0.15) is 41.5 Å². The van der Waals surface area contributed by atoms with Crippen LogP contribution in [-0.4, -0.2) is 33.2 Å². The van der Waals surface area contributed by atoms with Crippen LogP contribution in [0, 0.1) is 0 Å². The van der Waals surface area contributed by atoms with Gasteiger partial charge < -0.3 is 19.7 Å². The molecule has 1 aromatic heterocycles. The van der Waals surface area contributed by atoms with Crippen LogP contribution in [0.25, 0.3) is 0 Å². The molecule has 1 unspecified atom stereocenters. The van der Waals surface area contributed by atoms with Gasteiger partial charge in [0, 0.05) is 5.02 Å². The summed E-state index contributed by atoms with van der Waals surface area (Å²) in [4.78, 5) is 21.4. The molecular formula is C22H22ClN3O3. The lowest BCUT2D eigenvalue weighted by molar-refractivity contribution is 0.0667. The number of ether oxygens (including phenoxy) is 1. The standard InChI is InChI=1S/C22H22ClN3O3/c1-22(2)12-26(18-5-3-4-16(21(27)28)20(18)29-22)19(17-11-24-13-25-17)10-14-6-8-15(23)9-7-14/h3-9,11,13,19H,10,12H2,1-2H3,(H,24,25)(H,27,28). The zero-order chi connectivity index (χ0) is 20.6. The summed E-state index contributed by atoms with van der Waals surface area (Å²) in [5, 5.41) is 10.3. The first-order valence-electron chi connectivity index (χ1n) is 9.39. The van der Waals surface area contributed by atoms with E-state index in [1.54, 1.807) is 18.5 Å². The van der Waals surface area contributed by atoms with Crippen LogP contribution in [-0.2, 0) is 6.42 Å². The molecule has 1 atom stereocenters. The minimum atomic E-state index is -1.00. The molecule has 1 aliphatic heterocycles. The van der Waals surface area contributed by atoms with Gasteiger partial charge in [-0.2, -0.15) is 0 Å². The minimum Gasteiger partial charge on any atom is -0.483 e. The molecule has 3 aromatic rings. The van der Waals surface area contributed by atoms with Crippen molar-refractivity contribution in [2.75, 3.05) is 11.4 Å². The van der Waals surface area contributed by atoms with Crippen LogP contribution in [0.15, 0.2) is 55.0 Å². The molecule has 0 saturated carbocycles. The number of anilines is 1. The SMILES string of the molecule is CC1(C)CN(C(Cc2ccc(Cl)cc2)c2cnc[nH]2)c2cccc(C(=O)O)c2O1. The quantitative estimate of drug-likeness (QED) is 0.635. The second-order valence-corrected chi connectivity index (χ2v) is 8.24. The lowest BCUT2D eigenvalue weighted by Gasteiger charge is -2.44. The number of imidazole rings is 1. The fourth-order valence-electron chi connectivity index (χ4n) is 3.79. The molecule has 0 saturated heterocycles. The lowest BCUT2D eigenvalue weighted by atomic mass is 9.96. The molecule has 0 radical (unpaired) electrons. The van der Waals surface area contributed by atoms with Crippen molar-refractivity contribution >= 4 is 23.3 Å². The first kappa shape index (κ1) is 19.3. The summed E-state index contributed by atoms with van der Waals surface area (Å²) in [7, 11) is 0. The number of benzene rings is 2. The van der Waals surface area contributed by atoms with Crippen molar-refractivity contribution in [1.82, 2.24) is 9.97 Å². The highest BCUT2D eigenvalue weighted by molar-refractivity contribution is 6.30. The molecular weight excluding hydrogens is 390 g/mol. The predicted molar refractivity (Wildman–Crippen MR) is 112 cm³/mol. The van der Waals surface area contributed by atoms with Gasteiger partial charge in [-0.05, 0) is 50.1 Å². The number of H-pyrrole nitrogens is 1. The first-order chi connectivity index (χ1) is 13.8. The summed E-state index contributed by atoms with van der Waals surface area (Å²) in [5.74, 6) is -0.604. The second-order valence-electron chi connectivity index (χ2n) is 7.80. The number of para-hydroxylation sites is 1. The molecule has 1 aliphatic rings. The summed E-state index contributed by atoms with van der Waals surface area (Å²) in [6.07, 6.45) is 4.17. The van der Waals surface area contributed by atoms with E-state index in [9.17, 15) is 9.90 Å². The zero-order valence-electron chi connectivity index (χ0n) is 16.2. The van der Waals surface area contributed by atoms with Crippen molar-refractivity contribution < 1.29 is 14.6 Å². The number of carboxylic acids is 1. The molecule has 29 heavy (non-hydrogen) atoms. The summed E-state index contributed by atoms with van der Waals surface area (Å²) >= 11 is 6.05. The topological polar surface area (TPSA) is 78.5 Å². The number of carbonyl (C=O) groups is 1. The van der Waals surface area contributed by atoms with E-state index >= 15 is 0 Å². The van der Waals surface area contributed by atoms with Gasteiger partial charge >= 0.3 is 5.97 Å². The summed E-state index contributed by atoms with van der Waals surface area (Å²) in [5.41, 5.74) is 2.43. The smallest absolute Gasteiger partial charge is 0.339 e. The summed E-state index contributed by atoms with van der Waals surface area (Å²) in [6, 6.07) is 12.9. The lowest BCUT2D eigenvalue weighted by Crippen LogP contribution is -2.49. The largest absolute Gasteiger partial charge is 0.483 e. The predicted octanol–water partition coefficient (Wildman–Crippen LogP) is 4.72. The second kappa shape index (κ2) is 7.44. The van der Waals surface area contributed by atoms with Crippen molar-refractivity contribution in [2.45, 2.75) is 31.9 Å². The van der Waals surface area contributed by atoms with Gasteiger partial charge in [0.15, 0.2) is 5.75 Å². The van der Waals surface area contributed by atoms with Gasteiger partial charge in [0.1, 0.15) is 11.2 Å². The number of hydrogen-bond acceptors (Lipinski definition) is 4. The minimum absolute atomic E-state index is 0.0790. The van der Waals surface area contributed by atoms with Gasteiger partial charge in [0.2, 0.25) is 0 Å². The van der Waals surface area contributed by atoms with Gasteiger partial charge in [0.25, 0.3) is 0 Å². The van der Waals surface area contributed by atoms with Gasteiger partial charge in [-0.25, -0.2) is 9.78 Å². The Kier molecular flexibility index (Phi) is 4.96. The first-order valence-corrected chi connectivity index (χ1v) is 9.76. The van der Waals surface area contributed by atoms with E-state index in [1.165, 1.54) is 0 Å². The third-order valence-electron chi connectivity index (χ3n) is 5.06. The number of hydrogen-bond donors (Lipinski definition) is 2. The Morgan fingerprint density at radius 2 is 2.07 bits per heavy atom. The Hall–Kier alpha value is -2.99. The fourth-order valence-corrected chi connectivity index (χ4v) is 3.92. The Morgan fingerprint density at radius 1 is 1.31 bits per heavy atom. The summed E-state index contributed by atoms with van der Waals surface area (Å²) < 4.78 is 6.11. The molecule has 7 heteroatoms. The van der Waals surface area contributed by atoms with Crippen LogP contribution in [0.5, 0.6) is 5.75 Å². The van der Waals surface area contributed by atoms with Crippen LogP contribution in [0.2, 0.25) is 5.02 Å². The van der Waals surface area contributed by atoms with E-state index in [0.717, 1.165) is 16.9 Å². The fraction of sp³-hybridized carbons (Fsp3) is 0.273. The number of nitrogens with one attached hydrogen (secondary N) is 1. The molecule has 4 rings (SSSR count). The third kappa shape index (κ3) is 3.93. The number of aromatic carboxylic acids is 1. The van der Waals surface area contributed by atoms with E-state index in [2.05, 4.69) is 14.9 Å². The van der Waals surface area contributed by atoms with Gasteiger partial charge in [-0.3, -0.25) is 0 Å². The van der Waals surface area contributed by atoms with Crippen LogP contribution < -0.4 is 9.64 Å². The average molecular weight is 412 g/mol. The van der Waals surface area contributed by atoms with Crippen molar-refractivity contribution in [2.24, 2.45) is 0 Å². The molecule has 0 bridgehead atoms. The highest BCUT2D eigenvalue weighted by Crippen LogP contribution is 2.44. The molecule has 0 aliphatic carbocycles. The van der Waals surface area contributed by atoms with Crippen molar-refractivity contribution in [1.29, 1.82) is 0 Å². The average Bonchev–Trinajstić information content (AvgIpc) is 3.20. The highest BCUT2D eigenvalue weighted by atomic mass is 35.5. The summed E-state index contributed by atoms with van der Waals surface area (Å²) in [6.45, 7) is 4.53. The van der Waals surface area contributed by atoms with Gasteiger partial charge in [-0.1, -0.05) is 29.8 Å². The number of halogens is 1. The van der Waals surface area contributed by atoms with E-state index in [4.69, 9.17) is 16.3 Å². The number of carboxylic acid groups (broad SMARTS) is 1. The Labute approximate surface area is 174 Å². The van der Waals surface area contributed by atoms with Gasteiger partial charge in [-0.15, -0.1) is 0 Å². The highest BCUT2D eigenvalue weighted by Gasteiger charge is 2.38. The molecule has 0 amide bonds. The molecule has 150 valence electrons. The van der Waals surface area contributed by atoms with E-state index in [1.807, 2.05) is 50.4 Å². The van der Waals surface area contributed by atoms with E-state index in [0.29, 0.717) is 23.7 Å². The Balaban J connectivity index is 1.81. The van der Waals surface area contributed by atoms with Crippen LogP contribution in [0.3, 0.4) is 0 Å². The van der Waals surface area contributed by atoms with E-state index in [-0.39, 0.29) is 11.6 Å². The monoisotopic (exact) mass is 411 g/mol. The molecule has 2 aromatic carbocycles. The van der Waals surface area contributed by atoms with Crippen molar-refractivity contribution in [3.63, 3.8) is 0 Å². The number of fused-ring (bicyclic) bond motifs is 1. The van der Waals surface area contributed by atoms with Crippen LogP contribution >= 0.6 is 11.6 Å². The molecule has 0 fully saturated rings. The normalized spacial score (nSPS) is 16.0. The van der Waals surface area contributed by atoms with Crippen molar-refractivity contribution in [3.8, 4) is 5.75 Å². The maximum atomic E-state index is 11.8. The van der Waals surface area contributed by atoms with Crippen molar-refractivity contribution in [3.05, 3.63) is 76.8 Å². The molecule has 0 spiro atoms. The number of rotatable bonds is 5. The Bertz CT molecular complexity index is 1020. The number of aromatic nitrogens is 2. The third-order valence-corrected chi connectivity index (χ3v) is 5.31. The molecule has 6 nitrogen and oxygen atoms in total. The van der Waals surface area contributed by atoms with Crippen LogP contribution in [0.4, 0.5) is 5.69 Å². The molecule has 2 heterocycles. The van der Waals surface area contributed by atoms with Gasteiger partial charge in [0.05, 0.1) is 36.5 Å². The number of aromatic amines is 1.